The van der Waals surface area contributed by atoms with Gasteiger partial charge in [-0.1, -0.05) is 18.2 Å². The van der Waals surface area contributed by atoms with Crippen molar-refractivity contribution in [3.63, 3.8) is 0 Å². The lowest BCUT2D eigenvalue weighted by molar-refractivity contribution is 0.0979. The minimum absolute atomic E-state index is 0.253. The lowest BCUT2D eigenvalue weighted by atomic mass is 9.90. The van der Waals surface area contributed by atoms with Gasteiger partial charge in [-0.25, -0.2) is 4.39 Å². The zero-order valence-electron chi connectivity index (χ0n) is 9.18. The predicted octanol–water partition coefficient (Wildman–Crippen LogP) is 1.81. The third-order valence-corrected chi connectivity index (χ3v) is 2.67. The number of aryl methyl sites for hydroxylation is 1. The van der Waals surface area contributed by atoms with E-state index < -0.39 is 11.4 Å². The Labute approximate surface area is 93.2 Å². The van der Waals surface area contributed by atoms with Gasteiger partial charge >= 0.3 is 0 Å². The fraction of sp³-hybridized carbons (Fsp3) is 0.250. The summed E-state index contributed by atoms with van der Waals surface area (Å²) in [6.45, 7) is 1.56. The van der Waals surface area contributed by atoms with Crippen LogP contribution >= 0.6 is 0 Å². The minimum atomic E-state index is -1.36. The summed E-state index contributed by atoms with van der Waals surface area (Å²) in [5, 5.41) is 14.3. The number of benzene rings is 1. The van der Waals surface area contributed by atoms with E-state index in [1.165, 1.54) is 12.3 Å². The van der Waals surface area contributed by atoms with Crippen LogP contribution in [0.25, 0.3) is 0 Å². The summed E-state index contributed by atoms with van der Waals surface area (Å²) >= 11 is 0. The molecule has 1 N–H and O–H groups in total. The molecule has 0 fully saturated rings. The smallest absolute Gasteiger partial charge is 0.129 e. The van der Waals surface area contributed by atoms with E-state index in [1.807, 2.05) is 0 Å². The largest absolute Gasteiger partial charge is 0.380 e. The monoisotopic (exact) mass is 220 g/mol. The number of hydrogen-bond acceptors (Lipinski definition) is 2. The molecule has 1 unspecified atom stereocenters. The summed E-state index contributed by atoms with van der Waals surface area (Å²) in [6, 6.07) is 6.20. The Kier molecular flexibility index (Phi) is 2.52. The number of aromatic nitrogens is 2. The molecule has 3 nitrogen and oxygen atoms in total. The number of aliphatic hydroxyl groups is 1. The van der Waals surface area contributed by atoms with Gasteiger partial charge in [-0.05, 0) is 13.0 Å². The van der Waals surface area contributed by atoms with Crippen molar-refractivity contribution in [3.8, 4) is 0 Å². The molecule has 0 bridgehead atoms. The fourth-order valence-electron chi connectivity index (χ4n) is 1.68. The van der Waals surface area contributed by atoms with E-state index >= 15 is 0 Å². The molecular formula is C12H13FN2O. The molecule has 84 valence electrons. The molecule has 0 amide bonds. The highest BCUT2D eigenvalue weighted by Crippen LogP contribution is 2.30. The van der Waals surface area contributed by atoms with E-state index in [-0.39, 0.29) is 5.56 Å². The average Bonchev–Trinajstić information content (AvgIpc) is 2.66. The van der Waals surface area contributed by atoms with Crippen molar-refractivity contribution in [2.45, 2.75) is 12.5 Å². The van der Waals surface area contributed by atoms with Gasteiger partial charge in [-0.15, -0.1) is 0 Å². The molecule has 0 saturated heterocycles. The van der Waals surface area contributed by atoms with Crippen LogP contribution in [-0.4, -0.2) is 14.9 Å². The van der Waals surface area contributed by atoms with Crippen LogP contribution in [0, 0.1) is 5.82 Å². The third-order valence-electron chi connectivity index (χ3n) is 2.67. The Hall–Kier alpha value is -1.68. The normalized spacial score (nSPS) is 14.8. The van der Waals surface area contributed by atoms with Crippen molar-refractivity contribution >= 4 is 0 Å². The zero-order valence-corrected chi connectivity index (χ0v) is 9.18. The Bertz CT molecular complexity index is 505. The summed E-state index contributed by atoms with van der Waals surface area (Å²) in [6.07, 6.45) is 3.21. The third kappa shape index (κ3) is 1.72. The molecular weight excluding hydrogens is 207 g/mol. The number of nitrogens with zero attached hydrogens (tertiary/aromatic N) is 2. The standard InChI is InChI=1S/C12H13FN2O/c1-12(16,9-7-14-15(2)8-9)10-5-3-4-6-11(10)13/h3-8,16H,1-2H3. The summed E-state index contributed by atoms with van der Waals surface area (Å²) < 4.78 is 15.2. The van der Waals surface area contributed by atoms with Gasteiger partial charge in [-0.2, -0.15) is 5.10 Å². The molecule has 1 aromatic heterocycles. The van der Waals surface area contributed by atoms with Crippen LogP contribution in [0.4, 0.5) is 4.39 Å². The molecule has 16 heavy (non-hydrogen) atoms. The summed E-state index contributed by atoms with van der Waals surface area (Å²) in [5.74, 6) is -0.420. The van der Waals surface area contributed by atoms with Crippen LogP contribution in [0.1, 0.15) is 18.1 Å². The first-order valence-electron chi connectivity index (χ1n) is 4.98. The SMILES string of the molecule is Cn1cc(C(C)(O)c2ccccc2F)cn1. The quantitative estimate of drug-likeness (QED) is 0.838. The van der Waals surface area contributed by atoms with Gasteiger partial charge in [0.25, 0.3) is 0 Å². The van der Waals surface area contributed by atoms with Gasteiger partial charge in [0.1, 0.15) is 11.4 Å². The first kappa shape index (κ1) is 10.8. The molecule has 1 heterocycles. The van der Waals surface area contributed by atoms with E-state index in [0.717, 1.165) is 0 Å². The maximum absolute atomic E-state index is 13.6. The van der Waals surface area contributed by atoms with Gasteiger partial charge in [-0.3, -0.25) is 4.68 Å². The minimum Gasteiger partial charge on any atom is -0.380 e. The summed E-state index contributed by atoms with van der Waals surface area (Å²) in [4.78, 5) is 0. The fourth-order valence-corrected chi connectivity index (χ4v) is 1.68. The van der Waals surface area contributed by atoms with Gasteiger partial charge in [0.15, 0.2) is 0 Å². The van der Waals surface area contributed by atoms with E-state index in [9.17, 15) is 9.50 Å². The van der Waals surface area contributed by atoms with Crippen LogP contribution < -0.4 is 0 Å². The second kappa shape index (κ2) is 3.72. The van der Waals surface area contributed by atoms with Crippen molar-refractivity contribution in [2.24, 2.45) is 7.05 Å². The van der Waals surface area contributed by atoms with E-state index in [4.69, 9.17) is 0 Å². The molecule has 0 radical (unpaired) electrons. The summed E-state index contributed by atoms with van der Waals surface area (Å²) in [5.41, 5.74) is -0.539. The van der Waals surface area contributed by atoms with Gasteiger partial charge < -0.3 is 5.11 Å². The molecule has 1 atom stereocenters. The van der Waals surface area contributed by atoms with E-state index in [1.54, 1.807) is 43.0 Å². The van der Waals surface area contributed by atoms with Crippen LogP contribution in [0.15, 0.2) is 36.7 Å². The Balaban J connectivity index is 2.50. The Morgan fingerprint density at radius 2 is 2.06 bits per heavy atom. The average molecular weight is 220 g/mol. The van der Waals surface area contributed by atoms with Gasteiger partial charge in [0, 0.05) is 24.4 Å². The van der Waals surface area contributed by atoms with Gasteiger partial charge in [0.2, 0.25) is 0 Å². The highest BCUT2D eigenvalue weighted by Gasteiger charge is 2.29. The van der Waals surface area contributed by atoms with Crippen LogP contribution in [0.2, 0.25) is 0 Å². The van der Waals surface area contributed by atoms with Gasteiger partial charge in [0.05, 0.1) is 6.20 Å². The van der Waals surface area contributed by atoms with Crippen LogP contribution in [-0.2, 0) is 12.6 Å². The first-order valence-corrected chi connectivity index (χ1v) is 4.98. The van der Waals surface area contributed by atoms with Crippen molar-refractivity contribution in [3.05, 3.63) is 53.6 Å². The zero-order chi connectivity index (χ0) is 11.8. The lowest BCUT2D eigenvalue weighted by Gasteiger charge is -2.22. The molecule has 0 aliphatic heterocycles. The van der Waals surface area contributed by atoms with Crippen LogP contribution in [0.5, 0.6) is 0 Å². The topological polar surface area (TPSA) is 38.0 Å². The maximum Gasteiger partial charge on any atom is 0.129 e. The summed E-state index contributed by atoms with van der Waals surface area (Å²) in [7, 11) is 1.75. The second-order valence-corrected chi connectivity index (χ2v) is 3.95. The molecule has 4 heteroatoms. The molecule has 0 aliphatic rings. The highest BCUT2D eigenvalue weighted by molar-refractivity contribution is 5.33. The van der Waals surface area contributed by atoms with Crippen molar-refractivity contribution in [1.82, 2.24) is 9.78 Å². The molecule has 2 rings (SSSR count). The molecule has 0 saturated carbocycles. The second-order valence-electron chi connectivity index (χ2n) is 3.95. The lowest BCUT2D eigenvalue weighted by Crippen LogP contribution is -2.23. The Morgan fingerprint density at radius 3 is 2.62 bits per heavy atom. The highest BCUT2D eigenvalue weighted by atomic mass is 19.1. The number of rotatable bonds is 2. The Morgan fingerprint density at radius 1 is 1.38 bits per heavy atom. The van der Waals surface area contributed by atoms with Crippen LogP contribution in [0.3, 0.4) is 0 Å². The predicted molar refractivity (Wildman–Crippen MR) is 58.3 cm³/mol. The number of halogens is 1. The van der Waals surface area contributed by atoms with Crippen molar-refractivity contribution < 1.29 is 9.50 Å². The van der Waals surface area contributed by atoms with Crippen molar-refractivity contribution in [1.29, 1.82) is 0 Å². The number of hydrogen-bond donors (Lipinski definition) is 1. The van der Waals surface area contributed by atoms with E-state index in [2.05, 4.69) is 5.10 Å². The van der Waals surface area contributed by atoms with E-state index in [0.29, 0.717) is 5.56 Å². The van der Waals surface area contributed by atoms with Crippen molar-refractivity contribution in [2.75, 3.05) is 0 Å². The first-order chi connectivity index (χ1) is 7.51. The molecule has 0 spiro atoms. The maximum atomic E-state index is 13.6. The molecule has 1 aromatic carbocycles. The molecule has 0 aliphatic carbocycles. The molecule has 2 aromatic rings.